The van der Waals surface area contributed by atoms with Gasteiger partial charge in [-0.3, -0.25) is 0 Å². The van der Waals surface area contributed by atoms with Crippen molar-refractivity contribution in [1.82, 2.24) is 4.90 Å². The van der Waals surface area contributed by atoms with Gasteiger partial charge in [-0.05, 0) is 37.4 Å². The van der Waals surface area contributed by atoms with Crippen molar-refractivity contribution in [3.63, 3.8) is 0 Å². The van der Waals surface area contributed by atoms with Crippen LogP contribution >= 0.6 is 10.5 Å². The van der Waals surface area contributed by atoms with Crippen LogP contribution in [0.2, 0.25) is 0 Å². The van der Waals surface area contributed by atoms with Crippen LogP contribution in [-0.4, -0.2) is 29.6 Å². The van der Waals surface area contributed by atoms with Crippen molar-refractivity contribution in [3.05, 3.63) is 11.6 Å². The van der Waals surface area contributed by atoms with Gasteiger partial charge in [0.25, 0.3) is 0 Å². The van der Waals surface area contributed by atoms with Gasteiger partial charge in [0.2, 0.25) is 0 Å². The minimum Gasteiger partial charge on any atom is -0.367 e. The zero-order valence-electron chi connectivity index (χ0n) is 9.00. The highest BCUT2D eigenvalue weighted by Crippen LogP contribution is 2.36. The molecule has 1 saturated carbocycles. The Hall–Kier alpha value is -0.240. The Kier molecular flexibility index (Phi) is 3.32. The zero-order valence-corrected chi connectivity index (χ0v) is 9.82. The summed E-state index contributed by atoms with van der Waals surface area (Å²) in [7, 11) is 0.198. The summed E-state index contributed by atoms with van der Waals surface area (Å²) in [6, 6.07) is 0. The fourth-order valence-electron chi connectivity index (χ4n) is 2.19. The minimum absolute atomic E-state index is 0.198. The molecule has 0 amide bonds. The van der Waals surface area contributed by atoms with Crippen molar-refractivity contribution < 1.29 is 0 Å². The van der Waals surface area contributed by atoms with Gasteiger partial charge < -0.3 is 4.90 Å². The Morgan fingerprint density at radius 1 is 1.21 bits per heavy atom. The second-order valence-corrected chi connectivity index (χ2v) is 6.33. The molecule has 0 radical (unpaired) electrons. The Morgan fingerprint density at radius 2 is 1.86 bits per heavy atom. The van der Waals surface area contributed by atoms with Crippen LogP contribution in [0, 0.1) is 5.92 Å². The second kappa shape index (κ2) is 4.52. The van der Waals surface area contributed by atoms with Crippen LogP contribution in [0.5, 0.6) is 0 Å². The summed E-state index contributed by atoms with van der Waals surface area (Å²) < 4.78 is 0. The maximum absolute atomic E-state index is 4.29. The average Bonchev–Trinajstić information content (AvgIpc) is 2.62. The number of hydrogen-bond donors (Lipinski definition) is 0. The largest absolute Gasteiger partial charge is 0.367 e. The van der Waals surface area contributed by atoms with Gasteiger partial charge in [-0.25, -0.2) is 0 Å². The molecule has 14 heavy (non-hydrogen) atoms. The van der Waals surface area contributed by atoms with E-state index in [-0.39, 0.29) is 10.5 Å². The molecule has 1 saturated heterocycles. The molecule has 80 valence electrons. The third kappa shape index (κ3) is 2.22. The molecule has 2 rings (SSSR count). The SMILES string of the molecule is C=C(N1CCCC1)S(=C)CC1CCC1. The molecule has 1 heterocycles. The fraction of sp³-hybridized carbons (Fsp3) is 0.750. The Labute approximate surface area is 90.1 Å². The molecule has 1 nitrogen and oxygen atoms in total. The van der Waals surface area contributed by atoms with Crippen molar-refractivity contribution in [2.75, 3.05) is 18.8 Å². The van der Waals surface area contributed by atoms with Gasteiger partial charge in [0.05, 0.1) is 5.03 Å². The van der Waals surface area contributed by atoms with Crippen molar-refractivity contribution in [1.29, 1.82) is 0 Å². The molecule has 0 bridgehead atoms. The molecule has 1 atom stereocenters. The van der Waals surface area contributed by atoms with Crippen LogP contribution in [0.1, 0.15) is 32.1 Å². The fourth-order valence-corrected chi connectivity index (χ4v) is 3.83. The first-order valence-electron chi connectivity index (χ1n) is 5.72. The maximum Gasteiger partial charge on any atom is 0.0573 e. The third-order valence-electron chi connectivity index (χ3n) is 3.45. The first-order valence-corrected chi connectivity index (χ1v) is 7.28. The van der Waals surface area contributed by atoms with E-state index >= 15 is 0 Å². The molecule has 2 heteroatoms. The highest BCUT2D eigenvalue weighted by molar-refractivity contribution is 8.17. The topological polar surface area (TPSA) is 3.24 Å². The smallest absolute Gasteiger partial charge is 0.0573 e. The number of nitrogens with zero attached hydrogens (tertiary/aromatic N) is 1. The zero-order chi connectivity index (χ0) is 9.97. The number of likely N-dealkylation sites (tertiary alicyclic amines) is 1. The summed E-state index contributed by atoms with van der Waals surface area (Å²) >= 11 is 0. The van der Waals surface area contributed by atoms with E-state index in [2.05, 4.69) is 17.3 Å². The molecule has 0 N–H and O–H groups in total. The normalized spacial score (nSPS) is 24.7. The van der Waals surface area contributed by atoms with Crippen LogP contribution in [0.3, 0.4) is 0 Å². The van der Waals surface area contributed by atoms with Gasteiger partial charge in [0.15, 0.2) is 0 Å². The lowest BCUT2D eigenvalue weighted by Gasteiger charge is -2.29. The second-order valence-electron chi connectivity index (χ2n) is 4.54. The van der Waals surface area contributed by atoms with Crippen LogP contribution in [0.15, 0.2) is 11.6 Å². The van der Waals surface area contributed by atoms with Gasteiger partial charge in [0.1, 0.15) is 0 Å². The standard InChI is InChI=1S/C12H21NS/c1-11(13-8-3-4-9-13)14(2)10-12-6-5-7-12/h12H,1-10H2. The van der Waals surface area contributed by atoms with E-state index in [1.165, 1.54) is 56.0 Å². The van der Waals surface area contributed by atoms with Crippen molar-refractivity contribution in [3.8, 4) is 0 Å². The van der Waals surface area contributed by atoms with Crippen LogP contribution < -0.4 is 0 Å². The van der Waals surface area contributed by atoms with E-state index in [0.717, 1.165) is 5.92 Å². The number of hydrogen-bond acceptors (Lipinski definition) is 1. The predicted molar refractivity (Wildman–Crippen MR) is 66.9 cm³/mol. The molecule has 1 aliphatic carbocycles. The average molecular weight is 211 g/mol. The number of rotatable bonds is 4. The summed E-state index contributed by atoms with van der Waals surface area (Å²) in [5.74, 6) is 6.56. The molecule has 2 fully saturated rings. The summed E-state index contributed by atoms with van der Waals surface area (Å²) in [4.78, 5) is 2.45. The lowest BCUT2D eigenvalue weighted by atomic mass is 9.87. The van der Waals surface area contributed by atoms with E-state index in [0.29, 0.717) is 0 Å². The van der Waals surface area contributed by atoms with E-state index in [1.807, 2.05) is 0 Å². The molecule has 1 aliphatic heterocycles. The quantitative estimate of drug-likeness (QED) is 0.646. The van der Waals surface area contributed by atoms with Crippen molar-refractivity contribution in [2.24, 2.45) is 5.92 Å². The molecular weight excluding hydrogens is 190 g/mol. The third-order valence-corrected chi connectivity index (χ3v) is 5.25. The lowest BCUT2D eigenvalue weighted by molar-refractivity contribution is 0.352. The molecule has 0 spiro atoms. The summed E-state index contributed by atoms with van der Waals surface area (Å²) in [5, 5.41) is 1.33. The molecule has 0 aromatic rings. The monoisotopic (exact) mass is 211 g/mol. The Balaban J connectivity index is 1.80. The van der Waals surface area contributed by atoms with Crippen LogP contribution in [-0.2, 0) is 0 Å². The van der Waals surface area contributed by atoms with E-state index in [9.17, 15) is 0 Å². The summed E-state index contributed by atoms with van der Waals surface area (Å²) in [6.45, 7) is 6.67. The van der Waals surface area contributed by atoms with Crippen LogP contribution in [0.4, 0.5) is 0 Å². The first kappa shape index (κ1) is 10.3. The molecule has 2 aliphatic rings. The van der Waals surface area contributed by atoms with E-state index in [4.69, 9.17) is 0 Å². The van der Waals surface area contributed by atoms with Crippen molar-refractivity contribution in [2.45, 2.75) is 32.1 Å². The highest BCUT2D eigenvalue weighted by Gasteiger charge is 2.21. The highest BCUT2D eigenvalue weighted by atomic mass is 32.2. The summed E-state index contributed by atoms with van der Waals surface area (Å²) in [5.41, 5.74) is 0. The van der Waals surface area contributed by atoms with Gasteiger partial charge in [0, 0.05) is 13.1 Å². The van der Waals surface area contributed by atoms with Gasteiger partial charge >= 0.3 is 0 Å². The maximum atomic E-state index is 4.29. The Bertz CT molecular complexity index is 237. The predicted octanol–water partition coefficient (Wildman–Crippen LogP) is 3.05. The van der Waals surface area contributed by atoms with E-state index in [1.54, 1.807) is 0 Å². The minimum atomic E-state index is 0.198. The Morgan fingerprint density at radius 3 is 2.36 bits per heavy atom. The molecular formula is C12H21NS. The van der Waals surface area contributed by atoms with Gasteiger partial charge in [-0.2, -0.15) is 0 Å². The first-order chi connectivity index (χ1) is 6.77. The van der Waals surface area contributed by atoms with Gasteiger partial charge in [-0.1, -0.05) is 18.9 Å². The van der Waals surface area contributed by atoms with Gasteiger partial charge in [-0.15, -0.1) is 10.5 Å². The molecule has 1 unspecified atom stereocenters. The molecule has 0 aromatic carbocycles. The van der Waals surface area contributed by atoms with E-state index < -0.39 is 0 Å². The molecule has 0 aromatic heterocycles. The lowest BCUT2D eigenvalue weighted by Crippen LogP contribution is -2.20. The van der Waals surface area contributed by atoms with Crippen molar-refractivity contribution >= 4 is 16.4 Å². The summed E-state index contributed by atoms with van der Waals surface area (Å²) in [6.07, 6.45) is 7.01. The van der Waals surface area contributed by atoms with Crippen LogP contribution in [0.25, 0.3) is 0 Å².